The summed E-state index contributed by atoms with van der Waals surface area (Å²) >= 11 is 0. The van der Waals surface area contributed by atoms with Gasteiger partial charge in [-0.05, 0) is 37.1 Å². The van der Waals surface area contributed by atoms with E-state index in [1.807, 2.05) is 12.1 Å². The van der Waals surface area contributed by atoms with Crippen molar-refractivity contribution in [1.82, 2.24) is 4.90 Å². The van der Waals surface area contributed by atoms with Gasteiger partial charge in [-0.25, -0.2) is 8.78 Å². The quantitative estimate of drug-likeness (QED) is 0.876. The van der Waals surface area contributed by atoms with E-state index in [2.05, 4.69) is 11.8 Å². The molecule has 118 valence electrons. The molecule has 1 fully saturated rings. The fourth-order valence-corrected chi connectivity index (χ4v) is 2.80. The molecule has 21 heavy (non-hydrogen) atoms. The van der Waals surface area contributed by atoms with Gasteiger partial charge in [-0.2, -0.15) is 0 Å². The summed E-state index contributed by atoms with van der Waals surface area (Å²) in [6, 6.07) is 7.27. The van der Waals surface area contributed by atoms with Gasteiger partial charge in [0.2, 0.25) is 0 Å². The van der Waals surface area contributed by atoms with Gasteiger partial charge >= 0.3 is 0 Å². The first-order valence-electron chi connectivity index (χ1n) is 7.34. The molecule has 1 atom stereocenters. The van der Waals surface area contributed by atoms with E-state index in [0.29, 0.717) is 5.75 Å². The van der Waals surface area contributed by atoms with Crippen LogP contribution in [0.25, 0.3) is 0 Å². The SMILES string of the molecule is CC1(CO)CCCN(Cc2ccc(OCC(F)F)cc2)C1. The summed E-state index contributed by atoms with van der Waals surface area (Å²) in [4.78, 5) is 2.33. The molecule has 1 unspecified atom stereocenters. The van der Waals surface area contributed by atoms with Gasteiger partial charge in [0.05, 0.1) is 0 Å². The highest BCUT2D eigenvalue weighted by Crippen LogP contribution is 2.29. The predicted octanol–water partition coefficient (Wildman–Crippen LogP) is 2.92. The number of piperidine rings is 1. The number of rotatable bonds is 6. The molecule has 0 aromatic heterocycles. The predicted molar refractivity (Wildman–Crippen MR) is 77.6 cm³/mol. The van der Waals surface area contributed by atoms with Crippen LogP contribution in [0.5, 0.6) is 5.75 Å². The third-order valence-corrected chi connectivity index (χ3v) is 3.95. The van der Waals surface area contributed by atoms with Crippen molar-refractivity contribution in [3.8, 4) is 5.75 Å². The lowest BCUT2D eigenvalue weighted by molar-refractivity contribution is 0.0429. The van der Waals surface area contributed by atoms with Crippen LogP contribution in [0.4, 0.5) is 8.78 Å². The number of hydrogen-bond acceptors (Lipinski definition) is 3. The largest absolute Gasteiger partial charge is 0.488 e. The van der Waals surface area contributed by atoms with Crippen LogP contribution in [0.3, 0.4) is 0 Å². The average molecular weight is 299 g/mol. The molecule has 0 spiro atoms. The first kappa shape index (κ1) is 16.2. The molecular formula is C16H23F2NO2. The summed E-state index contributed by atoms with van der Waals surface area (Å²) in [6.45, 7) is 4.47. The van der Waals surface area contributed by atoms with E-state index in [-0.39, 0.29) is 12.0 Å². The van der Waals surface area contributed by atoms with Crippen LogP contribution in [0.1, 0.15) is 25.3 Å². The Morgan fingerprint density at radius 1 is 1.33 bits per heavy atom. The van der Waals surface area contributed by atoms with E-state index in [0.717, 1.165) is 38.0 Å². The number of likely N-dealkylation sites (tertiary alicyclic amines) is 1. The Morgan fingerprint density at radius 2 is 2.05 bits per heavy atom. The Balaban J connectivity index is 1.88. The van der Waals surface area contributed by atoms with E-state index < -0.39 is 13.0 Å². The second-order valence-electron chi connectivity index (χ2n) is 6.13. The number of aliphatic hydroxyl groups excluding tert-OH is 1. The molecule has 0 aliphatic carbocycles. The molecule has 0 saturated carbocycles. The molecule has 1 saturated heterocycles. The maximum atomic E-state index is 12.1. The lowest BCUT2D eigenvalue weighted by atomic mass is 9.82. The first-order chi connectivity index (χ1) is 10.0. The molecule has 0 radical (unpaired) electrons. The second-order valence-corrected chi connectivity index (χ2v) is 6.13. The van der Waals surface area contributed by atoms with Crippen LogP contribution in [0.2, 0.25) is 0 Å². The Bertz CT molecular complexity index is 438. The summed E-state index contributed by atoms with van der Waals surface area (Å²) < 4.78 is 29.1. The number of halogens is 2. The standard InChI is InChI=1S/C16H23F2NO2/c1-16(12-20)7-2-8-19(11-16)9-13-3-5-14(6-4-13)21-10-15(17)18/h3-6,15,20H,2,7-12H2,1H3. The molecule has 3 nitrogen and oxygen atoms in total. The summed E-state index contributed by atoms with van der Waals surface area (Å²) in [5.41, 5.74) is 1.11. The normalized spacial score (nSPS) is 23.5. The van der Waals surface area contributed by atoms with E-state index in [1.54, 1.807) is 12.1 Å². The fraction of sp³-hybridized carbons (Fsp3) is 0.625. The van der Waals surface area contributed by atoms with E-state index in [9.17, 15) is 13.9 Å². The Morgan fingerprint density at radius 3 is 2.67 bits per heavy atom. The first-order valence-corrected chi connectivity index (χ1v) is 7.34. The number of nitrogens with zero attached hydrogens (tertiary/aromatic N) is 1. The summed E-state index contributed by atoms with van der Waals surface area (Å²) in [5, 5.41) is 9.47. The lowest BCUT2D eigenvalue weighted by Crippen LogP contribution is -2.43. The van der Waals surface area contributed by atoms with E-state index in [4.69, 9.17) is 4.74 Å². The van der Waals surface area contributed by atoms with Crippen molar-refractivity contribution < 1.29 is 18.6 Å². The molecular weight excluding hydrogens is 276 g/mol. The molecule has 0 amide bonds. The molecule has 1 aliphatic heterocycles. The molecule has 2 rings (SSSR count). The van der Waals surface area contributed by atoms with Crippen LogP contribution < -0.4 is 4.74 Å². The molecule has 0 bridgehead atoms. The molecule has 1 aromatic carbocycles. The molecule has 1 aromatic rings. The third kappa shape index (κ3) is 4.93. The minimum Gasteiger partial charge on any atom is -0.488 e. The van der Waals surface area contributed by atoms with Gasteiger partial charge in [-0.3, -0.25) is 4.90 Å². The molecule has 5 heteroatoms. The smallest absolute Gasteiger partial charge is 0.272 e. The highest BCUT2D eigenvalue weighted by Gasteiger charge is 2.30. The van der Waals surface area contributed by atoms with Crippen molar-refractivity contribution >= 4 is 0 Å². The van der Waals surface area contributed by atoms with Crippen LogP contribution >= 0.6 is 0 Å². The fourth-order valence-electron chi connectivity index (χ4n) is 2.80. The number of alkyl halides is 2. The minimum atomic E-state index is -2.45. The Hall–Kier alpha value is -1.20. The third-order valence-electron chi connectivity index (χ3n) is 3.95. The van der Waals surface area contributed by atoms with E-state index >= 15 is 0 Å². The van der Waals surface area contributed by atoms with Gasteiger partial charge in [0.1, 0.15) is 12.4 Å². The zero-order valence-electron chi connectivity index (χ0n) is 12.4. The van der Waals surface area contributed by atoms with Crippen molar-refractivity contribution in [2.75, 3.05) is 26.3 Å². The van der Waals surface area contributed by atoms with Crippen molar-refractivity contribution in [3.63, 3.8) is 0 Å². The van der Waals surface area contributed by atoms with Crippen molar-refractivity contribution in [2.45, 2.75) is 32.7 Å². The monoisotopic (exact) mass is 299 g/mol. The van der Waals surface area contributed by atoms with Crippen molar-refractivity contribution in [2.24, 2.45) is 5.41 Å². The Labute approximate surface area is 124 Å². The molecule has 1 aliphatic rings. The summed E-state index contributed by atoms with van der Waals surface area (Å²) in [5.74, 6) is 0.470. The molecule has 1 heterocycles. The summed E-state index contributed by atoms with van der Waals surface area (Å²) in [7, 11) is 0. The highest BCUT2D eigenvalue weighted by molar-refractivity contribution is 5.27. The van der Waals surface area contributed by atoms with Gasteiger partial charge in [0.15, 0.2) is 0 Å². The maximum absolute atomic E-state index is 12.1. The second kappa shape index (κ2) is 7.18. The number of benzene rings is 1. The van der Waals surface area contributed by atoms with Crippen LogP contribution in [0, 0.1) is 5.41 Å². The van der Waals surface area contributed by atoms with Gasteiger partial charge < -0.3 is 9.84 Å². The van der Waals surface area contributed by atoms with Gasteiger partial charge in [-0.1, -0.05) is 19.1 Å². The van der Waals surface area contributed by atoms with Gasteiger partial charge in [0.25, 0.3) is 6.43 Å². The zero-order valence-corrected chi connectivity index (χ0v) is 12.4. The van der Waals surface area contributed by atoms with Crippen LogP contribution in [-0.2, 0) is 6.54 Å². The van der Waals surface area contributed by atoms with Gasteiger partial charge in [0, 0.05) is 25.1 Å². The number of hydrogen-bond donors (Lipinski definition) is 1. The van der Waals surface area contributed by atoms with Crippen molar-refractivity contribution in [1.29, 1.82) is 0 Å². The maximum Gasteiger partial charge on any atom is 0.272 e. The number of aliphatic hydroxyl groups is 1. The lowest BCUT2D eigenvalue weighted by Gasteiger charge is -2.39. The number of ether oxygens (including phenoxy) is 1. The zero-order chi connectivity index (χ0) is 15.3. The van der Waals surface area contributed by atoms with Crippen LogP contribution in [0.15, 0.2) is 24.3 Å². The average Bonchev–Trinajstić information content (AvgIpc) is 2.47. The minimum absolute atomic E-state index is 0.0153. The topological polar surface area (TPSA) is 32.7 Å². The summed E-state index contributed by atoms with van der Waals surface area (Å²) in [6.07, 6.45) is -0.304. The van der Waals surface area contributed by atoms with Gasteiger partial charge in [-0.15, -0.1) is 0 Å². The van der Waals surface area contributed by atoms with Crippen molar-refractivity contribution in [3.05, 3.63) is 29.8 Å². The van der Waals surface area contributed by atoms with E-state index in [1.165, 1.54) is 0 Å². The highest BCUT2D eigenvalue weighted by atomic mass is 19.3. The van der Waals surface area contributed by atoms with Crippen LogP contribution in [-0.4, -0.2) is 42.7 Å². The Kier molecular flexibility index (Phi) is 5.53. The molecule has 1 N–H and O–H groups in total.